The van der Waals surface area contributed by atoms with Crippen molar-refractivity contribution in [1.29, 1.82) is 0 Å². The van der Waals surface area contributed by atoms with Gasteiger partial charge in [0, 0.05) is 24.3 Å². The molecule has 0 amide bonds. The van der Waals surface area contributed by atoms with Crippen molar-refractivity contribution >= 4 is 0 Å². The minimum absolute atomic E-state index is 0.00293. The van der Waals surface area contributed by atoms with E-state index in [2.05, 4.69) is 0 Å². The van der Waals surface area contributed by atoms with Crippen molar-refractivity contribution in [2.75, 3.05) is 6.61 Å². The van der Waals surface area contributed by atoms with Gasteiger partial charge in [0.25, 0.3) is 0 Å². The molecule has 1 aromatic rings. The Morgan fingerprint density at radius 1 is 1.32 bits per heavy atom. The second kappa shape index (κ2) is 4.84. The van der Waals surface area contributed by atoms with Gasteiger partial charge in [-0.2, -0.15) is 0 Å². The van der Waals surface area contributed by atoms with E-state index in [1.54, 1.807) is 0 Å². The summed E-state index contributed by atoms with van der Waals surface area (Å²) < 4.78 is 32.6. The minimum atomic E-state index is -0.559. The maximum Gasteiger partial charge on any atom is 0.130 e. The summed E-state index contributed by atoms with van der Waals surface area (Å²) in [4.78, 5) is 0. The van der Waals surface area contributed by atoms with Crippen molar-refractivity contribution in [3.05, 3.63) is 35.4 Å². The normalized spacial score (nSPS) is 27.0. The van der Waals surface area contributed by atoms with Crippen molar-refractivity contribution in [2.45, 2.75) is 43.7 Å². The van der Waals surface area contributed by atoms with Crippen LogP contribution in [0, 0.1) is 17.6 Å². The quantitative estimate of drug-likeness (QED) is 0.892. The summed E-state index contributed by atoms with van der Waals surface area (Å²) in [5, 5.41) is 0. The van der Waals surface area contributed by atoms with Crippen LogP contribution in [0.15, 0.2) is 18.2 Å². The van der Waals surface area contributed by atoms with Crippen molar-refractivity contribution in [1.82, 2.24) is 0 Å². The van der Waals surface area contributed by atoms with E-state index in [0.717, 1.165) is 31.7 Å². The van der Waals surface area contributed by atoms with Gasteiger partial charge in [0.15, 0.2) is 0 Å². The standard InChI is InChI=1S/C15H19F2NO/c16-11-2-3-12(13(17)8-11)14(18)10-4-7-19-15(9-10)5-1-6-15/h2-3,8,10,14H,1,4-7,9,18H2. The first-order valence-electron chi connectivity index (χ1n) is 6.94. The molecule has 4 heteroatoms. The van der Waals surface area contributed by atoms with Gasteiger partial charge in [-0.05, 0) is 44.1 Å². The summed E-state index contributed by atoms with van der Waals surface area (Å²) in [6, 6.07) is 3.28. The highest BCUT2D eigenvalue weighted by atomic mass is 19.1. The predicted octanol–water partition coefficient (Wildman–Crippen LogP) is 3.31. The van der Waals surface area contributed by atoms with Gasteiger partial charge in [0.05, 0.1) is 5.60 Å². The average Bonchev–Trinajstić information content (AvgIpc) is 2.36. The lowest BCUT2D eigenvalue weighted by Crippen LogP contribution is -2.47. The third-order valence-electron chi connectivity index (χ3n) is 4.63. The van der Waals surface area contributed by atoms with Crippen LogP contribution in [0.4, 0.5) is 8.78 Å². The Bertz CT molecular complexity index is 473. The van der Waals surface area contributed by atoms with Crippen molar-refractivity contribution in [3.63, 3.8) is 0 Å². The fourth-order valence-electron chi connectivity index (χ4n) is 3.32. The van der Waals surface area contributed by atoms with E-state index in [1.165, 1.54) is 18.6 Å². The number of ether oxygens (including phenoxy) is 1. The highest BCUT2D eigenvalue weighted by molar-refractivity contribution is 5.23. The average molecular weight is 267 g/mol. The summed E-state index contributed by atoms with van der Waals surface area (Å²) in [6.45, 7) is 0.696. The number of hydrogen-bond acceptors (Lipinski definition) is 2. The summed E-state index contributed by atoms with van der Waals surface area (Å²) >= 11 is 0. The van der Waals surface area contributed by atoms with E-state index >= 15 is 0 Å². The molecule has 2 aliphatic rings. The largest absolute Gasteiger partial charge is 0.375 e. The van der Waals surface area contributed by atoms with Crippen molar-refractivity contribution in [3.8, 4) is 0 Å². The SMILES string of the molecule is NC(c1ccc(F)cc1F)C1CCOC2(CCC2)C1. The molecule has 2 fully saturated rings. The summed E-state index contributed by atoms with van der Waals surface area (Å²) in [5.74, 6) is -0.883. The van der Waals surface area contributed by atoms with Crippen molar-refractivity contribution < 1.29 is 13.5 Å². The van der Waals surface area contributed by atoms with E-state index in [1.807, 2.05) is 0 Å². The van der Waals surface area contributed by atoms with E-state index in [4.69, 9.17) is 10.5 Å². The first-order chi connectivity index (χ1) is 9.10. The first kappa shape index (κ1) is 13.0. The number of halogens is 2. The minimum Gasteiger partial charge on any atom is -0.375 e. The second-order valence-corrected chi connectivity index (χ2v) is 5.83. The van der Waals surface area contributed by atoms with Crippen LogP contribution < -0.4 is 5.73 Å². The molecule has 1 saturated heterocycles. The van der Waals surface area contributed by atoms with Crippen LogP contribution in [0.2, 0.25) is 0 Å². The Morgan fingerprint density at radius 2 is 2.11 bits per heavy atom. The third kappa shape index (κ3) is 2.39. The van der Waals surface area contributed by atoms with Crippen LogP contribution >= 0.6 is 0 Å². The van der Waals surface area contributed by atoms with Crippen LogP contribution in [-0.4, -0.2) is 12.2 Å². The molecule has 0 radical (unpaired) electrons. The third-order valence-corrected chi connectivity index (χ3v) is 4.63. The number of rotatable bonds is 2. The number of nitrogens with two attached hydrogens (primary N) is 1. The fraction of sp³-hybridized carbons (Fsp3) is 0.600. The molecule has 1 aliphatic heterocycles. The van der Waals surface area contributed by atoms with Crippen LogP contribution in [0.25, 0.3) is 0 Å². The molecule has 0 bridgehead atoms. The van der Waals surface area contributed by atoms with Crippen molar-refractivity contribution in [2.24, 2.45) is 11.7 Å². The lowest BCUT2D eigenvalue weighted by molar-refractivity contribution is -0.146. The molecule has 1 spiro atoms. The van der Waals surface area contributed by atoms with Gasteiger partial charge in [-0.15, -0.1) is 0 Å². The van der Waals surface area contributed by atoms with Crippen LogP contribution in [0.5, 0.6) is 0 Å². The molecule has 1 aliphatic carbocycles. The molecule has 104 valence electrons. The maximum absolute atomic E-state index is 13.8. The highest BCUT2D eigenvalue weighted by Crippen LogP contribution is 2.46. The molecule has 1 saturated carbocycles. The van der Waals surface area contributed by atoms with Gasteiger partial charge >= 0.3 is 0 Å². The smallest absolute Gasteiger partial charge is 0.130 e. The Labute approximate surface area is 111 Å². The van der Waals surface area contributed by atoms with Crippen LogP contribution in [0.1, 0.15) is 43.7 Å². The Hall–Kier alpha value is -1.00. The van der Waals surface area contributed by atoms with E-state index < -0.39 is 11.6 Å². The second-order valence-electron chi connectivity index (χ2n) is 5.83. The van der Waals surface area contributed by atoms with E-state index in [0.29, 0.717) is 12.2 Å². The maximum atomic E-state index is 13.8. The van der Waals surface area contributed by atoms with Gasteiger partial charge in [0.1, 0.15) is 11.6 Å². The van der Waals surface area contributed by atoms with Gasteiger partial charge in [-0.1, -0.05) is 6.07 Å². The topological polar surface area (TPSA) is 35.2 Å². The molecule has 2 atom stereocenters. The summed E-state index contributed by atoms with van der Waals surface area (Å²) in [5.41, 5.74) is 6.62. The number of benzene rings is 1. The molecular formula is C15H19F2NO. The Kier molecular flexibility index (Phi) is 3.31. The molecule has 2 N–H and O–H groups in total. The molecule has 2 unspecified atom stereocenters. The lowest BCUT2D eigenvalue weighted by Gasteiger charge is -2.48. The monoisotopic (exact) mass is 267 g/mol. The number of hydrogen-bond donors (Lipinski definition) is 1. The molecule has 1 heterocycles. The van der Waals surface area contributed by atoms with Gasteiger partial charge in [-0.25, -0.2) is 8.78 Å². The van der Waals surface area contributed by atoms with E-state index in [-0.39, 0.29) is 17.6 Å². The molecule has 19 heavy (non-hydrogen) atoms. The molecule has 3 rings (SSSR count). The molecule has 0 aromatic heterocycles. The van der Waals surface area contributed by atoms with E-state index in [9.17, 15) is 8.78 Å². The summed E-state index contributed by atoms with van der Waals surface area (Å²) in [7, 11) is 0. The Balaban J connectivity index is 1.77. The van der Waals surface area contributed by atoms with Crippen LogP contribution in [0.3, 0.4) is 0 Å². The zero-order chi connectivity index (χ0) is 13.5. The molecule has 2 nitrogen and oxygen atoms in total. The summed E-state index contributed by atoms with van der Waals surface area (Å²) in [6.07, 6.45) is 5.11. The molecular weight excluding hydrogens is 248 g/mol. The van der Waals surface area contributed by atoms with Gasteiger partial charge in [0.2, 0.25) is 0 Å². The van der Waals surface area contributed by atoms with Gasteiger partial charge in [-0.3, -0.25) is 0 Å². The zero-order valence-corrected chi connectivity index (χ0v) is 10.9. The van der Waals surface area contributed by atoms with Gasteiger partial charge < -0.3 is 10.5 Å². The Morgan fingerprint density at radius 3 is 2.74 bits per heavy atom. The van der Waals surface area contributed by atoms with Crippen LogP contribution in [-0.2, 0) is 4.74 Å². The first-order valence-corrected chi connectivity index (χ1v) is 6.94. The zero-order valence-electron chi connectivity index (χ0n) is 10.9. The molecule has 1 aromatic carbocycles. The fourth-order valence-corrected chi connectivity index (χ4v) is 3.32. The lowest BCUT2D eigenvalue weighted by atomic mass is 9.70. The highest BCUT2D eigenvalue weighted by Gasteiger charge is 2.44. The predicted molar refractivity (Wildman–Crippen MR) is 68.5 cm³/mol.